The number of hydrogen-bond acceptors (Lipinski definition) is 6. The van der Waals surface area contributed by atoms with Crippen molar-refractivity contribution in [2.45, 2.75) is 32.5 Å². The van der Waals surface area contributed by atoms with Gasteiger partial charge >= 0.3 is 0 Å². The van der Waals surface area contributed by atoms with Crippen LogP contribution in [0.5, 0.6) is 5.75 Å². The van der Waals surface area contributed by atoms with Crippen LogP contribution in [-0.4, -0.2) is 26.0 Å². The van der Waals surface area contributed by atoms with Gasteiger partial charge in [-0.2, -0.15) is 5.10 Å². The first-order chi connectivity index (χ1) is 17.3. The van der Waals surface area contributed by atoms with E-state index in [9.17, 15) is 9.59 Å². The number of benzene rings is 2. The van der Waals surface area contributed by atoms with Crippen LogP contribution >= 0.6 is 11.3 Å². The highest BCUT2D eigenvalue weighted by Crippen LogP contribution is 2.47. The lowest BCUT2D eigenvalue weighted by Gasteiger charge is -2.45. The number of fused-ring (bicyclic) bond motifs is 6. The molecule has 2 aliphatic rings. The minimum Gasteiger partial charge on any atom is -0.465 e. The lowest BCUT2D eigenvalue weighted by molar-refractivity contribution is -0.131. The van der Waals surface area contributed by atoms with E-state index in [4.69, 9.17) is 9.73 Å². The quantitative estimate of drug-likeness (QED) is 0.469. The summed E-state index contributed by atoms with van der Waals surface area (Å²) >= 11 is 1.30. The fraction of sp³-hybridized carbons (Fsp3) is 0.259. The number of anilines is 1. The molecule has 0 aliphatic carbocycles. The molecule has 2 aromatic carbocycles. The van der Waals surface area contributed by atoms with Crippen LogP contribution in [0.2, 0.25) is 0 Å². The molecule has 2 aromatic heterocycles. The van der Waals surface area contributed by atoms with Crippen LogP contribution in [0.4, 0.5) is 5.69 Å². The topological polar surface area (TPSA) is 90.5 Å². The molecule has 182 valence electrons. The fourth-order valence-corrected chi connectivity index (χ4v) is 6.16. The van der Waals surface area contributed by atoms with Crippen molar-refractivity contribution in [1.82, 2.24) is 14.3 Å². The van der Waals surface area contributed by atoms with E-state index in [1.165, 1.54) is 11.3 Å². The van der Waals surface area contributed by atoms with Gasteiger partial charge in [0.2, 0.25) is 11.6 Å². The number of para-hydroxylation sites is 2. The SMILES string of the molecule is Cc1ccccc1NC(=O)[C@@H]1[C@H]2c3ccccc3O[C@]1(C)N=c1s/c(=C/c3cnn(C)c3C)c(=O)n12. The average Bonchev–Trinajstić information content (AvgIpc) is 3.32. The van der Waals surface area contributed by atoms with Crippen LogP contribution in [0.3, 0.4) is 0 Å². The van der Waals surface area contributed by atoms with Gasteiger partial charge in [0.25, 0.3) is 5.56 Å². The molecule has 2 bridgehead atoms. The first-order valence-corrected chi connectivity index (χ1v) is 12.5. The minimum atomic E-state index is -1.18. The zero-order valence-corrected chi connectivity index (χ0v) is 21.2. The van der Waals surface area contributed by atoms with E-state index in [2.05, 4.69) is 10.4 Å². The van der Waals surface area contributed by atoms with Gasteiger partial charge < -0.3 is 10.1 Å². The molecule has 0 fully saturated rings. The largest absolute Gasteiger partial charge is 0.465 e. The second-order valence-corrected chi connectivity index (χ2v) is 10.4. The number of thiazole rings is 1. The minimum absolute atomic E-state index is 0.181. The van der Waals surface area contributed by atoms with E-state index < -0.39 is 17.7 Å². The molecule has 4 aromatic rings. The number of nitrogens with zero attached hydrogens (tertiary/aromatic N) is 4. The maximum Gasteiger partial charge on any atom is 0.270 e. The number of carbonyl (C=O) groups excluding carboxylic acids is 1. The summed E-state index contributed by atoms with van der Waals surface area (Å²) in [4.78, 5) is 33.1. The predicted molar refractivity (Wildman–Crippen MR) is 138 cm³/mol. The maximum atomic E-state index is 13.8. The molecule has 4 heterocycles. The number of aryl methyl sites for hydroxylation is 2. The van der Waals surface area contributed by atoms with Crippen LogP contribution in [0.15, 0.2) is 64.5 Å². The lowest BCUT2D eigenvalue weighted by Crippen LogP contribution is -2.59. The number of amides is 1. The van der Waals surface area contributed by atoms with Gasteiger partial charge in [0.15, 0.2) is 4.80 Å². The molecule has 1 N–H and O–H groups in total. The van der Waals surface area contributed by atoms with Gasteiger partial charge in [-0.15, -0.1) is 0 Å². The Bertz CT molecular complexity index is 1720. The van der Waals surface area contributed by atoms with Crippen molar-refractivity contribution in [2.75, 3.05) is 5.32 Å². The third-order valence-corrected chi connectivity index (χ3v) is 8.11. The number of nitrogens with one attached hydrogen (secondary N) is 1. The number of carbonyl (C=O) groups is 1. The lowest BCUT2D eigenvalue weighted by atomic mass is 9.80. The average molecular weight is 500 g/mol. The van der Waals surface area contributed by atoms with Gasteiger partial charge in [0, 0.05) is 29.6 Å². The molecule has 8 nitrogen and oxygen atoms in total. The summed E-state index contributed by atoms with van der Waals surface area (Å²) in [6.45, 7) is 5.72. The molecule has 3 atom stereocenters. The van der Waals surface area contributed by atoms with Gasteiger partial charge in [0.1, 0.15) is 11.7 Å². The standard InChI is InChI=1S/C27H25N5O3S/c1-15-9-5-7-11-19(15)29-24(33)22-23-18-10-6-8-12-20(18)35-27(22,3)30-26-32(23)25(34)21(36-26)13-17-14-28-31(4)16(17)2/h5-14,22-23H,1-4H3,(H,29,33)/b21-13+/t22-,23+,27-/m0/s1. The molecule has 0 unspecified atom stereocenters. The van der Waals surface area contributed by atoms with E-state index in [1.54, 1.807) is 15.4 Å². The van der Waals surface area contributed by atoms with Crippen molar-refractivity contribution in [2.24, 2.45) is 18.0 Å². The van der Waals surface area contributed by atoms with E-state index in [-0.39, 0.29) is 11.5 Å². The third-order valence-electron chi connectivity index (χ3n) is 7.12. The molecular formula is C27H25N5O3S. The van der Waals surface area contributed by atoms with Gasteiger partial charge in [-0.05, 0) is 44.5 Å². The molecule has 6 rings (SSSR count). The van der Waals surface area contributed by atoms with Gasteiger partial charge in [-0.3, -0.25) is 18.8 Å². The summed E-state index contributed by atoms with van der Waals surface area (Å²) in [5.41, 5.74) is 2.94. The second kappa shape index (κ2) is 8.03. The Kier molecular flexibility index (Phi) is 5.01. The second-order valence-electron chi connectivity index (χ2n) is 9.41. The summed E-state index contributed by atoms with van der Waals surface area (Å²) in [5.74, 6) is -0.363. The molecule has 0 saturated heterocycles. The predicted octanol–water partition coefficient (Wildman–Crippen LogP) is 2.68. The zero-order chi connectivity index (χ0) is 25.2. The highest BCUT2D eigenvalue weighted by atomic mass is 32.1. The third kappa shape index (κ3) is 3.34. The monoisotopic (exact) mass is 499 g/mol. The first kappa shape index (κ1) is 22.5. The Balaban J connectivity index is 1.55. The highest BCUT2D eigenvalue weighted by Gasteiger charge is 2.55. The molecule has 9 heteroatoms. The van der Waals surface area contributed by atoms with Gasteiger partial charge in [0.05, 0.1) is 16.8 Å². The van der Waals surface area contributed by atoms with Gasteiger partial charge in [-0.1, -0.05) is 47.7 Å². The van der Waals surface area contributed by atoms with Crippen LogP contribution in [0.1, 0.15) is 35.3 Å². The fourth-order valence-electron chi connectivity index (χ4n) is 5.07. The van der Waals surface area contributed by atoms with Gasteiger partial charge in [-0.25, -0.2) is 4.99 Å². The summed E-state index contributed by atoms with van der Waals surface area (Å²) < 4.78 is 10.3. The summed E-state index contributed by atoms with van der Waals surface area (Å²) in [6, 6.07) is 14.6. The molecule has 0 radical (unpaired) electrons. The smallest absolute Gasteiger partial charge is 0.270 e. The van der Waals surface area contributed by atoms with E-state index >= 15 is 0 Å². The number of rotatable bonds is 3. The molecule has 0 saturated carbocycles. The maximum absolute atomic E-state index is 13.8. The van der Waals surface area contributed by atoms with Crippen molar-refractivity contribution >= 4 is 29.0 Å². The molecule has 1 amide bonds. The normalized spacial score (nSPS) is 22.3. The van der Waals surface area contributed by atoms with Crippen LogP contribution in [-0.2, 0) is 11.8 Å². The van der Waals surface area contributed by atoms with Crippen molar-refractivity contribution in [3.8, 4) is 5.75 Å². The van der Waals surface area contributed by atoms with Crippen LogP contribution < -0.4 is 24.9 Å². The highest BCUT2D eigenvalue weighted by molar-refractivity contribution is 7.07. The van der Waals surface area contributed by atoms with Crippen molar-refractivity contribution in [3.63, 3.8) is 0 Å². The Labute approximate surface area is 211 Å². The first-order valence-electron chi connectivity index (χ1n) is 11.7. The Hall–Kier alpha value is -3.98. The van der Waals surface area contributed by atoms with E-state index in [0.717, 1.165) is 28.1 Å². The molecular weight excluding hydrogens is 474 g/mol. The summed E-state index contributed by atoms with van der Waals surface area (Å²) in [7, 11) is 1.87. The van der Waals surface area contributed by atoms with Crippen LogP contribution in [0, 0.1) is 19.8 Å². The van der Waals surface area contributed by atoms with Crippen molar-refractivity contribution in [1.29, 1.82) is 0 Å². The van der Waals surface area contributed by atoms with Crippen molar-refractivity contribution < 1.29 is 9.53 Å². The molecule has 0 spiro atoms. The molecule has 2 aliphatic heterocycles. The molecule has 36 heavy (non-hydrogen) atoms. The van der Waals surface area contributed by atoms with E-state index in [1.807, 2.05) is 82.4 Å². The Morgan fingerprint density at radius 2 is 1.92 bits per heavy atom. The summed E-state index contributed by atoms with van der Waals surface area (Å²) in [6.07, 6.45) is 3.59. The number of ether oxygens (including phenoxy) is 1. The number of aromatic nitrogens is 3. The zero-order valence-electron chi connectivity index (χ0n) is 20.4. The van der Waals surface area contributed by atoms with Crippen LogP contribution in [0.25, 0.3) is 6.08 Å². The van der Waals surface area contributed by atoms with E-state index in [0.29, 0.717) is 15.1 Å². The van der Waals surface area contributed by atoms with Crippen molar-refractivity contribution in [3.05, 3.63) is 96.8 Å². The Morgan fingerprint density at radius 3 is 2.67 bits per heavy atom. The number of hydrogen-bond donors (Lipinski definition) is 1. The summed E-state index contributed by atoms with van der Waals surface area (Å²) in [5, 5.41) is 7.35. The Morgan fingerprint density at radius 1 is 1.17 bits per heavy atom.